The van der Waals surface area contributed by atoms with Gasteiger partial charge in [0.1, 0.15) is 12.4 Å². The van der Waals surface area contributed by atoms with Crippen LogP contribution in [-0.2, 0) is 17.9 Å². The molecule has 1 fully saturated rings. The Hall–Kier alpha value is -1.75. The Morgan fingerprint density at radius 3 is 2.38 bits per heavy atom. The van der Waals surface area contributed by atoms with E-state index in [1.165, 1.54) is 0 Å². The van der Waals surface area contributed by atoms with E-state index in [0.717, 1.165) is 36.8 Å². The smallest absolute Gasteiger partial charge is 0.240 e. The second-order valence-corrected chi connectivity index (χ2v) is 6.94. The molecule has 6 heteroatoms. The van der Waals surface area contributed by atoms with Crippen molar-refractivity contribution in [3.05, 3.63) is 64.7 Å². The molecule has 1 aliphatic rings. The van der Waals surface area contributed by atoms with E-state index < -0.39 is 5.54 Å². The topological polar surface area (TPSA) is 64.4 Å². The van der Waals surface area contributed by atoms with Crippen molar-refractivity contribution in [2.45, 2.75) is 44.4 Å². The molecule has 0 radical (unpaired) electrons. The summed E-state index contributed by atoms with van der Waals surface area (Å²) < 4.78 is 5.82. The first-order valence-electron chi connectivity index (χ1n) is 8.60. The third-order valence-corrected chi connectivity index (χ3v) is 5.04. The number of amides is 1. The molecule has 0 saturated heterocycles. The van der Waals surface area contributed by atoms with Gasteiger partial charge in [-0.1, -0.05) is 60.8 Å². The zero-order valence-electron chi connectivity index (χ0n) is 14.5. The highest BCUT2D eigenvalue weighted by atomic mass is 35.5. The number of nitrogens with two attached hydrogens (primary N) is 1. The Morgan fingerprint density at radius 1 is 1.08 bits per heavy atom. The number of rotatable bonds is 6. The predicted molar refractivity (Wildman–Crippen MR) is 107 cm³/mol. The van der Waals surface area contributed by atoms with Crippen LogP contribution in [0.5, 0.6) is 5.75 Å². The van der Waals surface area contributed by atoms with Crippen molar-refractivity contribution in [2.24, 2.45) is 5.73 Å². The first kappa shape index (κ1) is 20.6. The highest BCUT2D eigenvalue weighted by Gasteiger charge is 2.36. The summed E-state index contributed by atoms with van der Waals surface area (Å²) in [5.41, 5.74) is 7.53. The standard InChI is InChI=1S/C20H23ClN2O2.ClH/c21-17-9-3-4-10-18(17)25-14-16-8-2-1-7-15(16)13-23-19(24)20(22)11-5-6-12-20;/h1-4,7-10H,5-6,11-14,22H2,(H,23,24);1H. The number of hydrogen-bond donors (Lipinski definition) is 2. The molecule has 0 atom stereocenters. The fourth-order valence-electron chi connectivity index (χ4n) is 3.17. The minimum Gasteiger partial charge on any atom is -0.487 e. The third-order valence-electron chi connectivity index (χ3n) is 4.73. The van der Waals surface area contributed by atoms with E-state index in [0.29, 0.717) is 23.9 Å². The van der Waals surface area contributed by atoms with E-state index in [2.05, 4.69) is 5.32 Å². The van der Waals surface area contributed by atoms with Gasteiger partial charge in [0.2, 0.25) is 5.91 Å². The maximum atomic E-state index is 12.4. The van der Waals surface area contributed by atoms with Gasteiger partial charge in [-0.15, -0.1) is 12.4 Å². The Morgan fingerprint density at radius 2 is 1.69 bits per heavy atom. The van der Waals surface area contributed by atoms with Crippen molar-refractivity contribution >= 4 is 29.9 Å². The highest BCUT2D eigenvalue weighted by molar-refractivity contribution is 6.32. The average Bonchev–Trinajstić information content (AvgIpc) is 3.07. The molecule has 1 aliphatic carbocycles. The number of halogens is 2. The van der Waals surface area contributed by atoms with Gasteiger partial charge in [-0.3, -0.25) is 4.79 Å². The molecule has 2 aromatic carbocycles. The van der Waals surface area contributed by atoms with Crippen LogP contribution in [0.25, 0.3) is 0 Å². The molecule has 26 heavy (non-hydrogen) atoms. The molecule has 3 rings (SSSR count). The van der Waals surface area contributed by atoms with Crippen molar-refractivity contribution in [1.29, 1.82) is 0 Å². The van der Waals surface area contributed by atoms with Crippen LogP contribution in [0.1, 0.15) is 36.8 Å². The van der Waals surface area contributed by atoms with Gasteiger partial charge >= 0.3 is 0 Å². The lowest BCUT2D eigenvalue weighted by atomic mass is 9.98. The monoisotopic (exact) mass is 394 g/mol. The minimum absolute atomic E-state index is 0. The number of carbonyl (C=O) groups excluding carboxylic acids is 1. The summed E-state index contributed by atoms with van der Waals surface area (Å²) in [6, 6.07) is 15.3. The lowest BCUT2D eigenvalue weighted by molar-refractivity contribution is -0.126. The number of hydrogen-bond acceptors (Lipinski definition) is 3. The molecule has 0 unspecified atom stereocenters. The number of ether oxygens (including phenoxy) is 1. The first-order valence-corrected chi connectivity index (χ1v) is 8.98. The molecular formula is C20H24Cl2N2O2. The summed E-state index contributed by atoms with van der Waals surface area (Å²) >= 11 is 6.13. The van der Waals surface area contributed by atoms with E-state index in [1.54, 1.807) is 6.07 Å². The number of nitrogens with one attached hydrogen (secondary N) is 1. The van der Waals surface area contributed by atoms with Crippen LogP contribution in [0, 0.1) is 0 Å². The first-order chi connectivity index (χ1) is 12.1. The summed E-state index contributed by atoms with van der Waals surface area (Å²) in [4.78, 5) is 12.4. The molecule has 1 amide bonds. The van der Waals surface area contributed by atoms with Gasteiger partial charge in [0.15, 0.2) is 0 Å². The SMILES string of the molecule is Cl.NC1(C(=O)NCc2ccccc2COc2ccccc2Cl)CCCC1. The van der Waals surface area contributed by atoms with E-state index in [9.17, 15) is 4.79 Å². The summed E-state index contributed by atoms with van der Waals surface area (Å²) in [5.74, 6) is 0.585. The molecule has 2 aromatic rings. The van der Waals surface area contributed by atoms with Crippen LogP contribution in [0.2, 0.25) is 5.02 Å². The molecule has 0 spiro atoms. The molecule has 4 nitrogen and oxygen atoms in total. The van der Waals surface area contributed by atoms with Crippen molar-refractivity contribution in [3.63, 3.8) is 0 Å². The van der Waals surface area contributed by atoms with Crippen LogP contribution in [0.4, 0.5) is 0 Å². The van der Waals surface area contributed by atoms with Crippen molar-refractivity contribution in [3.8, 4) is 5.75 Å². The van der Waals surface area contributed by atoms with Crippen molar-refractivity contribution < 1.29 is 9.53 Å². The molecule has 1 saturated carbocycles. The van der Waals surface area contributed by atoms with E-state index in [4.69, 9.17) is 22.1 Å². The largest absolute Gasteiger partial charge is 0.487 e. The summed E-state index contributed by atoms with van der Waals surface area (Å²) in [6.45, 7) is 0.837. The second-order valence-electron chi connectivity index (χ2n) is 6.53. The molecule has 0 aliphatic heterocycles. The summed E-state index contributed by atoms with van der Waals surface area (Å²) in [5, 5.41) is 3.57. The molecule has 140 valence electrons. The van der Waals surface area contributed by atoms with Gasteiger partial charge in [0, 0.05) is 6.54 Å². The van der Waals surface area contributed by atoms with Gasteiger partial charge in [-0.2, -0.15) is 0 Å². The van der Waals surface area contributed by atoms with Crippen molar-refractivity contribution in [2.75, 3.05) is 0 Å². The zero-order valence-corrected chi connectivity index (χ0v) is 16.1. The average molecular weight is 395 g/mol. The lowest BCUT2D eigenvalue weighted by Crippen LogP contribution is -2.51. The van der Waals surface area contributed by atoms with Gasteiger partial charge < -0.3 is 15.8 Å². The summed E-state index contributed by atoms with van der Waals surface area (Å²) in [7, 11) is 0. The zero-order chi connectivity index (χ0) is 17.7. The maximum absolute atomic E-state index is 12.4. The van der Waals surface area contributed by atoms with Gasteiger partial charge in [-0.25, -0.2) is 0 Å². The minimum atomic E-state index is -0.705. The number of benzene rings is 2. The van der Waals surface area contributed by atoms with Crippen LogP contribution in [0.15, 0.2) is 48.5 Å². The fourth-order valence-corrected chi connectivity index (χ4v) is 3.36. The normalized spacial score (nSPS) is 15.2. The van der Waals surface area contributed by atoms with Crippen LogP contribution in [0.3, 0.4) is 0 Å². The molecular weight excluding hydrogens is 371 g/mol. The fraction of sp³-hybridized carbons (Fsp3) is 0.350. The van der Waals surface area contributed by atoms with Crippen LogP contribution >= 0.6 is 24.0 Å². The number of para-hydroxylation sites is 1. The van der Waals surface area contributed by atoms with E-state index >= 15 is 0 Å². The highest BCUT2D eigenvalue weighted by Crippen LogP contribution is 2.27. The van der Waals surface area contributed by atoms with Gasteiger partial charge in [-0.05, 0) is 36.1 Å². The Balaban J connectivity index is 0.00000243. The number of carbonyl (C=O) groups is 1. The van der Waals surface area contributed by atoms with Crippen molar-refractivity contribution in [1.82, 2.24) is 5.32 Å². The molecule has 0 heterocycles. The van der Waals surface area contributed by atoms with Gasteiger partial charge in [0.05, 0.1) is 10.6 Å². The van der Waals surface area contributed by atoms with E-state index in [1.807, 2.05) is 42.5 Å². The quantitative estimate of drug-likeness (QED) is 0.770. The predicted octanol–water partition coefficient (Wildman–Crippen LogP) is 4.23. The second kappa shape index (κ2) is 9.26. The van der Waals surface area contributed by atoms with E-state index in [-0.39, 0.29) is 18.3 Å². The molecule has 0 aromatic heterocycles. The van der Waals surface area contributed by atoms with Crippen LogP contribution in [-0.4, -0.2) is 11.4 Å². The summed E-state index contributed by atoms with van der Waals surface area (Å²) in [6.07, 6.45) is 3.56. The Kier molecular flexibility index (Phi) is 7.33. The maximum Gasteiger partial charge on any atom is 0.240 e. The Labute approximate surface area is 165 Å². The lowest BCUT2D eigenvalue weighted by Gasteiger charge is -2.22. The third kappa shape index (κ3) is 4.91. The van der Waals surface area contributed by atoms with Crippen LogP contribution < -0.4 is 15.8 Å². The molecule has 0 bridgehead atoms. The molecule has 3 N–H and O–H groups in total. The Bertz CT molecular complexity index is 746. The van der Waals surface area contributed by atoms with Gasteiger partial charge in [0.25, 0.3) is 0 Å².